The van der Waals surface area contributed by atoms with Crippen molar-refractivity contribution >= 4 is 32.6 Å². The number of carbonyl (C=O) groups excluding carboxylic acids is 1. The minimum atomic E-state index is -0.0336. The second-order valence-corrected chi connectivity index (χ2v) is 6.16. The number of nitrogens with zero attached hydrogens (tertiary/aromatic N) is 1. The standard InChI is InChI=1S/C17H16N2OS/c1-11-8-14-15(9-12(11)2)21-17(18-14)19-16(20)10-13-6-4-3-5-7-13/h3-9H,10H2,1-2H3,(H,18,19,20). The smallest absolute Gasteiger partial charge is 0.230 e. The Morgan fingerprint density at radius 1 is 1.14 bits per heavy atom. The van der Waals surface area contributed by atoms with Crippen molar-refractivity contribution in [3.63, 3.8) is 0 Å². The van der Waals surface area contributed by atoms with Gasteiger partial charge >= 0.3 is 0 Å². The third-order valence-electron chi connectivity index (χ3n) is 3.46. The molecule has 0 aliphatic carbocycles. The molecule has 0 fully saturated rings. The Balaban J connectivity index is 1.77. The summed E-state index contributed by atoms with van der Waals surface area (Å²) in [4.78, 5) is 16.5. The summed E-state index contributed by atoms with van der Waals surface area (Å²) in [7, 11) is 0. The molecule has 0 saturated heterocycles. The van der Waals surface area contributed by atoms with Crippen LogP contribution in [-0.4, -0.2) is 10.9 Å². The van der Waals surface area contributed by atoms with Crippen molar-refractivity contribution in [3.05, 3.63) is 59.2 Å². The molecule has 0 bridgehead atoms. The molecule has 0 unspecified atom stereocenters. The van der Waals surface area contributed by atoms with E-state index in [0.29, 0.717) is 11.6 Å². The molecule has 4 heteroatoms. The zero-order valence-electron chi connectivity index (χ0n) is 12.0. The molecule has 3 nitrogen and oxygen atoms in total. The van der Waals surface area contributed by atoms with Crippen LogP contribution in [0, 0.1) is 13.8 Å². The topological polar surface area (TPSA) is 42.0 Å². The third kappa shape index (κ3) is 3.11. The van der Waals surface area contributed by atoms with E-state index in [4.69, 9.17) is 0 Å². The Labute approximate surface area is 127 Å². The highest BCUT2D eigenvalue weighted by atomic mass is 32.1. The van der Waals surface area contributed by atoms with Crippen LogP contribution in [0.25, 0.3) is 10.2 Å². The molecule has 0 spiro atoms. The molecule has 0 radical (unpaired) electrons. The molecular weight excluding hydrogens is 280 g/mol. The molecule has 0 saturated carbocycles. The number of fused-ring (bicyclic) bond motifs is 1. The van der Waals surface area contributed by atoms with Crippen LogP contribution in [0.3, 0.4) is 0 Å². The molecule has 1 heterocycles. The molecule has 0 atom stereocenters. The maximum absolute atomic E-state index is 12.0. The second-order valence-electron chi connectivity index (χ2n) is 5.13. The first-order chi connectivity index (χ1) is 10.1. The lowest BCUT2D eigenvalue weighted by atomic mass is 10.1. The monoisotopic (exact) mass is 296 g/mol. The van der Waals surface area contributed by atoms with Gasteiger partial charge in [0.2, 0.25) is 5.91 Å². The van der Waals surface area contributed by atoms with Crippen LogP contribution in [0.4, 0.5) is 5.13 Å². The predicted molar refractivity (Wildman–Crippen MR) is 87.9 cm³/mol. The molecule has 1 N–H and O–H groups in total. The third-order valence-corrected chi connectivity index (χ3v) is 4.39. The lowest BCUT2D eigenvalue weighted by Gasteiger charge is -2.01. The quantitative estimate of drug-likeness (QED) is 0.791. The van der Waals surface area contributed by atoms with Gasteiger partial charge in [-0.2, -0.15) is 0 Å². The Morgan fingerprint density at radius 2 is 1.86 bits per heavy atom. The van der Waals surface area contributed by atoms with Crippen molar-refractivity contribution in [1.29, 1.82) is 0 Å². The Morgan fingerprint density at radius 3 is 2.62 bits per heavy atom. The SMILES string of the molecule is Cc1cc2nc(NC(=O)Cc3ccccc3)sc2cc1C. The van der Waals surface area contributed by atoms with E-state index in [9.17, 15) is 4.79 Å². The number of rotatable bonds is 3. The van der Waals surface area contributed by atoms with Crippen LogP contribution in [-0.2, 0) is 11.2 Å². The van der Waals surface area contributed by atoms with Crippen molar-refractivity contribution in [2.75, 3.05) is 5.32 Å². The molecular formula is C17H16N2OS. The summed E-state index contributed by atoms with van der Waals surface area (Å²) in [6.07, 6.45) is 0.370. The average molecular weight is 296 g/mol. The Kier molecular flexibility index (Phi) is 3.71. The highest BCUT2D eigenvalue weighted by molar-refractivity contribution is 7.22. The van der Waals surface area contributed by atoms with Gasteiger partial charge < -0.3 is 5.32 Å². The van der Waals surface area contributed by atoms with E-state index in [1.165, 1.54) is 22.5 Å². The van der Waals surface area contributed by atoms with E-state index in [0.717, 1.165) is 15.8 Å². The maximum atomic E-state index is 12.0. The lowest BCUT2D eigenvalue weighted by Crippen LogP contribution is -2.13. The second kappa shape index (κ2) is 5.66. The van der Waals surface area contributed by atoms with E-state index >= 15 is 0 Å². The van der Waals surface area contributed by atoms with Gasteiger partial charge in [-0.25, -0.2) is 4.98 Å². The summed E-state index contributed by atoms with van der Waals surface area (Å²) in [5.74, 6) is -0.0336. The molecule has 3 aromatic rings. The largest absolute Gasteiger partial charge is 0.302 e. The molecule has 106 valence electrons. The molecule has 1 aromatic heterocycles. The van der Waals surface area contributed by atoms with E-state index in [2.05, 4.69) is 36.3 Å². The summed E-state index contributed by atoms with van der Waals surface area (Å²) in [5, 5.41) is 3.55. The molecule has 21 heavy (non-hydrogen) atoms. The van der Waals surface area contributed by atoms with Gasteiger partial charge in [0.25, 0.3) is 0 Å². The molecule has 3 rings (SSSR count). The molecule has 0 aliphatic rings. The first-order valence-corrected chi connectivity index (χ1v) is 7.65. The fourth-order valence-electron chi connectivity index (χ4n) is 2.18. The number of hydrogen-bond acceptors (Lipinski definition) is 3. The summed E-state index contributed by atoms with van der Waals surface area (Å²) >= 11 is 1.52. The van der Waals surface area contributed by atoms with Gasteiger partial charge in [0.1, 0.15) is 0 Å². The zero-order chi connectivity index (χ0) is 14.8. The normalized spacial score (nSPS) is 10.8. The highest BCUT2D eigenvalue weighted by Crippen LogP contribution is 2.28. The molecule has 2 aromatic carbocycles. The van der Waals surface area contributed by atoms with Crippen molar-refractivity contribution in [3.8, 4) is 0 Å². The van der Waals surface area contributed by atoms with E-state index in [1.807, 2.05) is 30.3 Å². The number of hydrogen-bond donors (Lipinski definition) is 1. The van der Waals surface area contributed by atoms with Crippen LogP contribution in [0.2, 0.25) is 0 Å². The number of aromatic nitrogens is 1. The Bertz CT molecular complexity index is 754. The first-order valence-electron chi connectivity index (χ1n) is 6.83. The highest BCUT2D eigenvalue weighted by Gasteiger charge is 2.09. The van der Waals surface area contributed by atoms with Crippen LogP contribution in [0.1, 0.15) is 16.7 Å². The van der Waals surface area contributed by atoms with Gasteiger partial charge in [-0.3, -0.25) is 4.79 Å². The number of thiazole rings is 1. The Hall–Kier alpha value is -2.20. The van der Waals surface area contributed by atoms with Crippen LogP contribution < -0.4 is 5.32 Å². The molecule has 1 amide bonds. The van der Waals surface area contributed by atoms with Gasteiger partial charge in [-0.1, -0.05) is 41.7 Å². The fourth-order valence-corrected chi connectivity index (χ4v) is 3.14. The number of carbonyl (C=O) groups is 1. The number of anilines is 1. The maximum Gasteiger partial charge on any atom is 0.230 e. The van der Waals surface area contributed by atoms with Gasteiger partial charge in [-0.05, 0) is 42.7 Å². The van der Waals surface area contributed by atoms with Gasteiger partial charge in [0.05, 0.1) is 16.6 Å². The van der Waals surface area contributed by atoms with Crippen molar-refractivity contribution in [2.45, 2.75) is 20.3 Å². The van der Waals surface area contributed by atoms with Crippen molar-refractivity contribution in [2.24, 2.45) is 0 Å². The van der Waals surface area contributed by atoms with Crippen LogP contribution >= 0.6 is 11.3 Å². The van der Waals surface area contributed by atoms with Crippen LogP contribution in [0.15, 0.2) is 42.5 Å². The zero-order valence-corrected chi connectivity index (χ0v) is 12.8. The summed E-state index contributed by atoms with van der Waals surface area (Å²) in [6, 6.07) is 13.9. The fraction of sp³-hybridized carbons (Fsp3) is 0.176. The summed E-state index contributed by atoms with van der Waals surface area (Å²) < 4.78 is 1.10. The first kappa shape index (κ1) is 13.8. The predicted octanol–water partition coefficient (Wildman–Crippen LogP) is 4.09. The van der Waals surface area contributed by atoms with Crippen molar-refractivity contribution < 1.29 is 4.79 Å². The average Bonchev–Trinajstić information content (AvgIpc) is 2.81. The number of nitrogens with one attached hydrogen (secondary N) is 1. The van der Waals surface area contributed by atoms with Crippen LogP contribution in [0.5, 0.6) is 0 Å². The lowest BCUT2D eigenvalue weighted by molar-refractivity contribution is -0.115. The minimum Gasteiger partial charge on any atom is -0.302 e. The minimum absolute atomic E-state index is 0.0336. The van der Waals surface area contributed by atoms with E-state index in [1.54, 1.807) is 0 Å². The summed E-state index contributed by atoms with van der Waals surface area (Å²) in [5.41, 5.74) is 4.41. The summed E-state index contributed by atoms with van der Waals surface area (Å²) in [6.45, 7) is 4.16. The van der Waals surface area contributed by atoms with Gasteiger partial charge in [-0.15, -0.1) is 0 Å². The number of aryl methyl sites for hydroxylation is 2. The van der Waals surface area contributed by atoms with E-state index < -0.39 is 0 Å². The van der Waals surface area contributed by atoms with Crippen molar-refractivity contribution in [1.82, 2.24) is 4.98 Å². The van der Waals surface area contributed by atoms with E-state index in [-0.39, 0.29) is 5.91 Å². The van der Waals surface area contributed by atoms with Gasteiger partial charge in [0, 0.05) is 0 Å². The number of benzene rings is 2. The molecule has 0 aliphatic heterocycles. The number of amides is 1. The van der Waals surface area contributed by atoms with Gasteiger partial charge in [0.15, 0.2) is 5.13 Å².